The first-order valence-electron chi connectivity index (χ1n) is 10.2. The molecule has 0 bridgehead atoms. The van der Waals surface area contributed by atoms with Crippen LogP contribution in [0.5, 0.6) is 5.88 Å². The second-order valence-corrected chi connectivity index (χ2v) is 8.49. The van der Waals surface area contributed by atoms with Crippen LogP contribution < -0.4 is 4.74 Å². The van der Waals surface area contributed by atoms with Gasteiger partial charge in [-0.15, -0.1) is 0 Å². The molecule has 0 saturated heterocycles. The molecular weight excluding hydrogens is 391 g/mol. The van der Waals surface area contributed by atoms with Crippen LogP contribution in [0.2, 0.25) is 0 Å². The van der Waals surface area contributed by atoms with Crippen molar-refractivity contribution >= 4 is 10.9 Å². The average molecular weight is 417 g/mol. The fourth-order valence-corrected chi connectivity index (χ4v) is 4.44. The van der Waals surface area contributed by atoms with Gasteiger partial charge in [-0.2, -0.15) is 9.37 Å². The van der Waals surface area contributed by atoms with Crippen molar-refractivity contribution in [3.05, 3.63) is 58.9 Å². The van der Waals surface area contributed by atoms with Gasteiger partial charge in [-0.1, -0.05) is 18.2 Å². The smallest absolute Gasteiger partial charge is 0.224 e. The number of aromatic nitrogens is 2. The number of nitrogens with one attached hydrogen (secondary N) is 1. The van der Waals surface area contributed by atoms with Crippen molar-refractivity contribution in [2.75, 3.05) is 13.2 Å². The van der Waals surface area contributed by atoms with E-state index in [1.807, 2.05) is 36.1 Å². The lowest BCUT2D eigenvalue weighted by Gasteiger charge is -2.42. The third-order valence-corrected chi connectivity index (χ3v) is 5.58. The first kappa shape index (κ1) is 20.7. The Hall–Kier alpha value is -2.54. The van der Waals surface area contributed by atoms with Crippen LogP contribution in [0.1, 0.15) is 50.6 Å². The highest BCUT2D eigenvalue weighted by atomic mass is 19.1. The lowest BCUT2D eigenvalue weighted by atomic mass is 9.88. The Balaban J connectivity index is 1.93. The maximum absolute atomic E-state index is 15.2. The molecule has 2 atom stereocenters. The number of H-pyrrole nitrogens is 1. The lowest BCUT2D eigenvalue weighted by Crippen LogP contribution is -2.48. The van der Waals surface area contributed by atoms with Crippen molar-refractivity contribution in [3.8, 4) is 5.88 Å². The van der Waals surface area contributed by atoms with Gasteiger partial charge in [-0.25, -0.2) is 8.78 Å². The summed E-state index contributed by atoms with van der Waals surface area (Å²) in [7, 11) is 0. The number of hydrogen-bond donors (Lipinski definition) is 1. The zero-order valence-corrected chi connectivity index (χ0v) is 17.6. The summed E-state index contributed by atoms with van der Waals surface area (Å²) in [5.41, 5.74) is 0.843. The number of aromatic amines is 1. The maximum Gasteiger partial charge on any atom is 0.224 e. The Bertz CT molecular complexity index is 1050. The van der Waals surface area contributed by atoms with Gasteiger partial charge in [0, 0.05) is 35.2 Å². The summed E-state index contributed by atoms with van der Waals surface area (Å²) in [5.74, 6) is -1.80. The summed E-state index contributed by atoms with van der Waals surface area (Å²) in [5, 5.41) is 1.02. The first-order valence-corrected chi connectivity index (χ1v) is 10.2. The normalized spacial score (nSPS) is 19.8. The molecule has 7 heteroatoms. The summed E-state index contributed by atoms with van der Waals surface area (Å²) >= 11 is 0. The Morgan fingerprint density at radius 3 is 2.67 bits per heavy atom. The molecule has 0 amide bonds. The zero-order valence-electron chi connectivity index (χ0n) is 17.6. The van der Waals surface area contributed by atoms with Gasteiger partial charge in [0.1, 0.15) is 11.5 Å². The molecule has 0 spiro atoms. The molecule has 1 N–H and O–H groups in total. The minimum Gasteiger partial charge on any atom is -0.478 e. The topological polar surface area (TPSA) is 41.1 Å². The monoisotopic (exact) mass is 417 g/mol. The fourth-order valence-electron chi connectivity index (χ4n) is 4.44. The molecule has 1 aromatic carbocycles. The van der Waals surface area contributed by atoms with E-state index >= 15 is 8.78 Å². The van der Waals surface area contributed by atoms with E-state index in [1.165, 1.54) is 13.8 Å². The van der Waals surface area contributed by atoms with Crippen LogP contribution in [-0.2, 0) is 6.42 Å². The van der Waals surface area contributed by atoms with Crippen molar-refractivity contribution in [1.82, 2.24) is 14.9 Å². The molecule has 3 aromatic rings. The van der Waals surface area contributed by atoms with Crippen molar-refractivity contribution in [2.45, 2.75) is 51.9 Å². The molecule has 1 aliphatic heterocycles. The number of benzene rings is 1. The SMILES string of the molecule is CCOc1cc(F)c(C2c3[nH]c4ccccc4c3CC(C)N2CC(C)(C)F)c(F)n1. The molecule has 1 aliphatic rings. The maximum atomic E-state index is 15.2. The van der Waals surface area contributed by atoms with Crippen molar-refractivity contribution in [3.63, 3.8) is 0 Å². The van der Waals surface area contributed by atoms with E-state index in [9.17, 15) is 4.39 Å². The van der Waals surface area contributed by atoms with E-state index in [2.05, 4.69) is 9.97 Å². The van der Waals surface area contributed by atoms with Gasteiger partial charge >= 0.3 is 0 Å². The molecule has 0 fully saturated rings. The lowest BCUT2D eigenvalue weighted by molar-refractivity contribution is 0.0638. The Morgan fingerprint density at radius 2 is 2.00 bits per heavy atom. The standard InChI is InChI=1S/C23H26F3N3O/c1-5-30-18-11-16(24)19(22(25)28-18)21-20-15(14-8-6-7-9-17(14)27-20)10-13(2)29(21)12-23(3,4)26/h6-9,11,13,21,27H,5,10,12H2,1-4H3. The number of alkyl halides is 1. The molecular formula is C23H26F3N3O. The summed E-state index contributed by atoms with van der Waals surface area (Å²) in [6.07, 6.45) is 0.652. The van der Waals surface area contributed by atoms with E-state index in [1.54, 1.807) is 6.92 Å². The van der Waals surface area contributed by atoms with Gasteiger partial charge in [0.15, 0.2) is 0 Å². The second kappa shape index (κ2) is 7.61. The van der Waals surface area contributed by atoms with Gasteiger partial charge < -0.3 is 9.72 Å². The first-order chi connectivity index (χ1) is 14.2. The van der Waals surface area contributed by atoms with Crippen LogP contribution in [0.25, 0.3) is 10.9 Å². The van der Waals surface area contributed by atoms with Crippen molar-refractivity contribution in [1.29, 1.82) is 0 Å². The van der Waals surface area contributed by atoms with Crippen LogP contribution in [0.15, 0.2) is 30.3 Å². The number of fused-ring (bicyclic) bond motifs is 3. The van der Waals surface area contributed by atoms with Gasteiger partial charge in [0.25, 0.3) is 0 Å². The number of rotatable bonds is 5. The number of ether oxygens (including phenoxy) is 1. The van der Waals surface area contributed by atoms with Crippen molar-refractivity contribution in [2.24, 2.45) is 0 Å². The minimum absolute atomic E-state index is 0.0275. The van der Waals surface area contributed by atoms with Gasteiger partial charge in [-0.05, 0) is 45.7 Å². The Morgan fingerprint density at radius 1 is 1.27 bits per heavy atom. The molecule has 0 saturated carbocycles. The quantitative estimate of drug-likeness (QED) is 0.571. The highest BCUT2D eigenvalue weighted by Crippen LogP contribution is 2.43. The number of para-hydroxylation sites is 1. The van der Waals surface area contributed by atoms with Crippen LogP contribution in [0.4, 0.5) is 13.2 Å². The largest absolute Gasteiger partial charge is 0.478 e. The number of pyridine rings is 1. The molecule has 4 rings (SSSR count). The average Bonchev–Trinajstić information content (AvgIpc) is 3.01. The number of nitrogens with zero attached hydrogens (tertiary/aromatic N) is 2. The summed E-state index contributed by atoms with van der Waals surface area (Å²) in [4.78, 5) is 8.98. The van der Waals surface area contributed by atoms with Crippen LogP contribution in [-0.4, -0.2) is 39.7 Å². The third-order valence-electron chi connectivity index (χ3n) is 5.58. The van der Waals surface area contributed by atoms with Crippen LogP contribution in [0.3, 0.4) is 0 Å². The van der Waals surface area contributed by atoms with E-state index in [-0.39, 0.29) is 30.6 Å². The molecule has 2 aromatic heterocycles. The molecule has 0 radical (unpaired) electrons. The second-order valence-electron chi connectivity index (χ2n) is 8.49. The number of hydrogen-bond acceptors (Lipinski definition) is 3. The fraction of sp³-hybridized carbons (Fsp3) is 0.435. The van der Waals surface area contributed by atoms with E-state index in [0.29, 0.717) is 12.1 Å². The summed E-state index contributed by atoms with van der Waals surface area (Å²) in [6, 6.07) is 7.92. The van der Waals surface area contributed by atoms with E-state index < -0.39 is 23.5 Å². The Labute approximate surface area is 174 Å². The van der Waals surface area contributed by atoms with E-state index in [0.717, 1.165) is 22.5 Å². The Kier molecular flexibility index (Phi) is 5.26. The van der Waals surface area contributed by atoms with Gasteiger partial charge in [0.2, 0.25) is 11.8 Å². The highest BCUT2D eigenvalue weighted by molar-refractivity contribution is 5.85. The van der Waals surface area contributed by atoms with Crippen LogP contribution >= 0.6 is 0 Å². The zero-order chi connectivity index (χ0) is 21.6. The molecule has 0 aliphatic carbocycles. The molecule has 160 valence electrons. The molecule has 4 nitrogen and oxygen atoms in total. The summed E-state index contributed by atoms with van der Waals surface area (Å²) in [6.45, 7) is 6.90. The third kappa shape index (κ3) is 3.67. The molecule has 2 unspecified atom stereocenters. The van der Waals surface area contributed by atoms with Gasteiger partial charge in [-0.3, -0.25) is 4.90 Å². The molecule has 3 heterocycles. The van der Waals surface area contributed by atoms with Gasteiger partial charge in [0.05, 0.1) is 18.2 Å². The highest BCUT2D eigenvalue weighted by Gasteiger charge is 2.41. The van der Waals surface area contributed by atoms with E-state index in [4.69, 9.17) is 4.74 Å². The molecule has 30 heavy (non-hydrogen) atoms. The predicted octanol–water partition coefficient (Wildman–Crippen LogP) is 5.32. The van der Waals surface area contributed by atoms with Crippen LogP contribution in [0, 0.1) is 11.8 Å². The van der Waals surface area contributed by atoms with Crippen molar-refractivity contribution < 1.29 is 17.9 Å². The predicted molar refractivity (Wildman–Crippen MR) is 111 cm³/mol. The number of halogens is 3. The minimum atomic E-state index is -1.54. The summed E-state index contributed by atoms with van der Waals surface area (Å²) < 4.78 is 50.2.